The van der Waals surface area contributed by atoms with Crippen LogP contribution in [0.3, 0.4) is 0 Å². The van der Waals surface area contributed by atoms with E-state index >= 15 is 0 Å². The summed E-state index contributed by atoms with van der Waals surface area (Å²) in [5.74, 6) is -0.0174. The zero-order valence-electron chi connectivity index (χ0n) is 19.4. The van der Waals surface area contributed by atoms with E-state index in [1.165, 1.54) is 18.2 Å². The Labute approximate surface area is 202 Å². The van der Waals surface area contributed by atoms with Gasteiger partial charge in [-0.3, -0.25) is 4.79 Å². The van der Waals surface area contributed by atoms with Crippen molar-refractivity contribution in [2.24, 2.45) is 0 Å². The van der Waals surface area contributed by atoms with E-state index < -0.39 is 0 Å². The average molecular weight is 474 g/mol. The molecular formula is C28H25F2N3O2. The van der Waals surface area contributed by atoms with E-state index in [4.69, 9.17) is 9.72 Å². The van der Waals surface area contributed by atoms with Crippen LogP contribution < -0.4 is 9.64 Å². The van der Waals surface area contributed by atoms with Gasteiger partial charge in [0.1, 0.15) is 17.4 Å². The van der Waals surface area contributed by atoms with Crippen molar-refractivity contribution in [3.05, 3.63) is 90.0 Å². The minimum Gasteiger partial charge on any atom is -0.493 e. The topological polar surface area (TPSA) is 45.7 Å². The molecule has 1 aliphatic heterocycles. The van der Waals surface area contributed by atoms with Gasteiger partial charge < -0.3 is 14.5 Å². The van der Waals surface area contributed by atoms with Crippen LogP contribution in [0.25, 0.3) is 22.2 Å². The highest BCUT2D eigenvalue weighted by atomic mass is 19.1. The summed E-state index contributed by atoms with van der Waals surface area (Å²) in [4.78, 5) is 21.7. The second-order valence-electron chi connectivity index (χ2n) is 8.41. The molecular weight excluding hydrogens is 448 g/mol. The lowest BCUT2D eigenvalue weighted by atomic mass is 10.1. The highest BCUT2D eigenvalue weighted by Gasteiger charge is 2.24. The van der Waals surface area contributed by atoms with Crippen molar-refractivity contribution in [1.29, 1.82) is 0 Å². The number of anilines is 1. The van der Waals surface area contributed by atoms with Crippen molar-refractivity contribution in [2.75, 3.05) is 37.7 Å². The number of hydrogen-bond acceptors (Lipinski definition) is 4. The number of aromatic nitrogens is 1. The van der Waals surface area contributed by atoms with Crippen molar-refractivity contribution in [3.63, 3.8) is 0 Å². The standard InChI is InChI=1S/C28H25F2N3O2/c1-2-35-27-18-25(19-7-10-21(29)11-8-19)31-24-12-9-20(17-22(24)27)28(34)33-15-13-32(14-16-33)26-6-4-3-5-23(26)30/h3-12,17-18H,2,13-16H2,1H3. The molecule has 5 rings (SSSR count). The van der Waals surface area contributed by atoms with Crippen LogP contribution in [0, 0.1) is 11.6 Å². The molecule has 178 valence electrons. The summed E-state index contributed by atoms with van der Waals surface area (Å²) in [6.45, 7) is 4.49. The first-order valence-electron chi connectivity index (χ1n) is 11.7. The van der Waals surface area contributed by atoms with E-state index in [1.807, 2.05) is 36.1 Å². The van der Waals surface area contributed by atoms with Crippen LogP contribution >= 0.6 is 0 Å². The summed E-state index contributed by atoms with van der Waals surface area (Å²) in [7, 11) is 0. The van der Waals surface area contributed by atoms with Crippen LogP contribution in [0.4, 0.5) is 14.5 Å². The smallest absolute Gasteiger partial charge is 0.254 e. The van der Waals surface area contributed by atoms with Gasteiger partial charge in [0.25, 0.3) is 5.91 Å². The van der Waals surface area contributed by atoms with Crippen molar-refractivity contribution in [3.8, 4) is 17.0 Å². The average Bonchev–Trinajstić information content (AvgIpc) is 2.89. The van der Waals surface area contributed by atoms with Gasteiger partial charge in [0.05, 0.1) is 23.5 Å². The quantitative estimate of drug-likeness (QED) is 0.382. The number of ether oxygens (including phenoxy) is 1. The zero-order chi connectivity index (χ0) is 24.4. The molecule has 1 fully saturated rings. The Morgan fingerprint density at radius 2 is 1.69 bits per heavy atom. The lowest BCUT2D eigenvalue weighted by molar-refractivity contribution is 0.0747. The van der Waals surface area contributed by atoms with Crippen LogP contribution in [0.15, 0.2) is 72.8 Å². The Bertz CT molecular complexity index is 1370. The van der Waals surface area contributed by atoms with E-state index in [0.717, 1.165) is 10.9 Å². The Morgan fingerprint density at radius 1 is 0.943 bits per heavy atom. The summed E-state index contributed by atoms with van der Waals surface area (Å²) in [6, 6.07) is 20.1. The Morgan fingerprint density at radius 3 is 2.40 bits per heavy atom. The number of amides is 1. The van der Waals surface area contributed by atoms with Crippen molar-refractivity contribution in [1.82, 2.24) is 9.88 Å². The maximum atomic E-state index is 14.1. The number of hydrogen-bond donors (Lipinski definition) is 0. The third-order valence-electron chi connectivity index (χ3n) is 6.22. The number of pyridine rings is 1. The molecule has 35 heavy (non-hydrogen) atoms. The third-order valence-corrected chi connectivity index (χ3v) is 6.22. The van der Waals surface area contributed by atoms with Gasteiger partial charge in [0, 0.05) is 48.8 Å². The SMILES string of the molecule is CCOc1cc(-c2ccc(F)cc2)nc2ccc(C(=O)N3CCN(c4ccccc4F)CC3)cc12. The molecule has 0 N–H and O–H groups in total. The third kappa shape index (κ3) is 4.67. The van der Waals surface area contributed by atoms with Gasteiger partial charge in [0.15, 0.2) is 0 Å². The van der Waals surface area contributed by atoms with Crippen molar-refractivity contribution in [2.45, 2.75) is 6.92 Å². The summed E-state index contributed by atoms with van der Waals surface area (Å²) in [5, 5.41) is 0.744. The fourth-order valence-corrected chi connectivity index (χ4v) is 4.41. The molecule has 1 amide bonds. The second-order valence-corrected chi connectivity index (χ2v) is 8.41. The molecule has 0 aliphatic carbocycles. The molecule has 0 radical (unpaired) electrons. The van der Waals surface area contributed by atoms with Gasteiger partial charge in [-0.1, -0.05) is 12.1 Å². The minimum absolute atomic E-state index is 0.0786. The Hall–Kier alpha value is -4.00. The van der Waals surface area contributed by atoms with E-state index in [2.05, 4.69) is 0 Å². The highest BCUT2D eigenvalue weighted by Crippen LogP contribution is 2.31. The fraction of sp³-hybridized carbons (Fsp3) is 0.214. The number of benzene rings is 3. The molecule has 1 saturated heterocycles. The lowest BCUT2D eigenvalue weighted by Crippen LogP contribution is -2.49. The first-order valence-corrected chi connectivity index (χ1v) is 11.7. The maximum Gasteiger partial charge on any atom is 0.254 e. The number of piperazine rings is 1. The van der Waals surface area contributed by atoms with Gasteiger partial charge in [-0.2, -0.15) is 0 Å². The molecule has 3 aromatic carbocycles. The number of carbonyl (C=O) groups is 1. The summed E-state index contributed by atoms with van der Waals surface area (Å²) in [5.41, 5.74) is 3.26. The Balaban J connectivity index is 1.39. The summed E-state index contributed by atoms with van der Waals surface area (Å²) < 4.78 is 33.4. The molecule has 7 heteroatoms. The van der Waals surface area contributed by atoms with Gasteiger partial charge in [-0.15, -0.1) is 0 Å². The van der Waals surface area contributed by atoms with E-state index in [9.17, 15) is 13.6 Å². The molecule has 0 unspecified atom stereocenters. The monoisotopic (exact) mass is 473 g/mol. The Kier molecular flexibility index (Phi) is 6.31. The number of halogens is 2. The van der Waals surface area contributed by atoms with Gasteiger partial charge in [-0.05, 0) is 61.5 Å². The normalized spacial score (nSPS) is 13.8. The predicted octanol–water partition coefficient (Wildman–Crippen LogP) is 5.54. The van der Waals surface area contributed by atoms with Crippen LogP contribution in [0.1, 0.15) is 17.3 Å². The van der Waals surface area contributed by atoms with Crippen LogP contribution in [0.2, 0.25) is 0 Å². The number of fused-ring (bicyclic) bond motifs is 1. The summed E-state index contributed by atoms with van der Waals surface area (Å²) in [6.07, 6.45) is 0. The second kappa shape index (κ2) is 9.70. The van der Waals surface area contributed by atoms with E-state index in [1.54, 1.807) is 35.2 Å². The fourth-order valence-electron chi connectivity index (χ4n) is 4.41. The molecule has 0 spiro atoms. The molecule has 0 bridgehead atoms. The molecule has 4 aromatic rings. The first-order chi connectivity index (χ1) is 17.0. The van der Waals surface area contributed by atoms with E-state index in [-0.39, 0.29) is 17.5 Å². The van der Waals surface area contributed by atoms with E-state index in [0.29, 0.717) is 61.0 Å². The lowest BCUT2D eigenvalue weighted by Gasteiger charge is -2.36. The molecule has 0 atom stereocenters. The molecule has 1 aromatic heterocycles. The molecule has 1 aliphatic rings. The first kappa shape index (κ1) is 22.8. The minimum atomic E-state index is -0.308. The predicted molar refractivity (Wildman–Crippen MR) is 133 cm³/mol. The number of rotatable bonds is 5. The van der Waals surface area contributed by atoms with Crippen LogP contribution in [-0.4, -0.2) is 48.6 Å². The summed E-state index contributed by atoms with van der Waals surface area (Å²) >= 11 is 0. The molecule has 0 saturated carbocycles. The van der Waals surface area contributed by atoms with Crippen molar-refractivity contribution >= 4 is 22.5 Å². The largest absolute Gasteiger partial charge is 0.493 e. The number of nitrogens with zero attached hydrogens (tertiary/aromatic N) is 3. The zero-order valence-corrected chi connectivity index (χ0v) is 19.4. The highest BCUT2D eigenvalue weighted by molar-refractivity contribution is 6.00. The molecule has 5 nitrogen and oxygen atoms in total. The number of carbonyl (C=O) groups excluding carboxylic acids is 1. The maximum absolute atomic E-state index is 14.1. The number of para-hydroxylation sites is 1. The van der Waals surface area contributed by atoms with Gasteiger partial charge in [0.2, 0.25) is 0 Å². The van der Waals surface area contributed by atoms with Gasteiger partial charge in [-0.25, -0.2) is 13.8 Å². The van der Waals surface area contributed by atoms with Crippen molar-refractivity contribution < 1.29 is 18.3 Å². The van der Waals surface area contributed by atoms with Crippen LogP contribution in [0.5, 0.6) is 5.75 Å². The van der Waals surface area contributed by atoms with Gasteiger partial charge >= 0.3 is 0 Å². The van der Waals surface area contributed by atoms with Crippen LogP contribution in [-0.2, 0) is 0 Å². The molecule has 2 heterocycles.